The number of anilines is 2. The van der Waals surface area contributed by atoms with E-state index in [0.29, 0.717) is 13.2 Å². The molecule has 114 valence electrons. The molecule has 0 aliphatic heterocycles. The van der Waals surface area contributed by atoms with Gasteiger partial charge in [-0.3, -0.25) is 4.68 Å². The molecule has 0 saturated heterocycles. The fourth-order valence-corrected chi connectivity index (χ4v) is 2.27. The van der Waals surface area contributed by atoms with Gasteiger partial charge in [0.25, 0.3) is 0 Å². The van der Waals surface area contributed by atoms with Crippen LogP contribution >= 0.6 is 0 Å². The fourth-order valence-electron chi connectivity index (χ4n) is 2.27. The van der Waals surface area contributed by atoms with Crippen molar-refractivity contribution in [3.8, 4) is 5.75 Å². The molecule has 2 aromatic rings. The molecule has 5 heteroatoms. The molecule has 2 rings (SSSR count). The predicted molar refractivity (Wildman–Crippen MR) is 86.8 cm³/mol. The van der Waals surface area contributed by atoms with Crippen molar-refractivity contribution in [2.75, 3.05) is 24.2 Å². The van der Waals surface area contributed by atoms with Gasteiger partial charge in [-0.15, -0.1) is 0 Å². The van der Waals surface area contributed by atoms with Crippen molar-refractivity contribution in [2.24, 2.45) is 7.05 Å². The Morgan fingerprint density at radius 3 is 2.90 bits per heavy atom. The summed E-state index contributed by atoms with van der Waals surface area (Å²) < 4.78 is 7.51. The first-order chi connectivity index (χ1) is 10.1. The van der Waals surface area contributed by atoms with Crippen LogP contribution in [0.25, 0.3) is 0 Å². The Kier molecular flexibility index (Phi) is 5.09. The summed E-state index contributed by atoms with van der Waals surface area (Å²) in [5.74, 6) is 1.76. The largest absolute Gasteiger partial charge is 0.492 e. The molecule has 0 saturated carbocycles. The van der Waals surface area contributed by atoms with E-state index >= 15 is 0 Å². The average molecular weight is 288 g/mol. The maximum absolute atomic E-state index is 6.12. The summed E-state index contributed by atoms with van der Waals surface area (Å²) >= 11 is 0. The first-order valence-corrected chi connectivity index (χ1v) is 7.36. The number of nitrogens with one attached hydrogen (secondary N) is 1. The van der Waals surface area contributed by atoms with Gasteiger partial charge >= 0.3 is 0 Å². The molecule has 5 nitrogen and oxygen atoms in total. The molecule has 0 radical (unpaired) electrons. The van der Waals surface area contributed by atoms with Gasteiger partial charge in [-0.25, -0.2) is 0 Å². The van der Waals surface area contributed by atoms with Gasteiger partial charge in [-0.2, -0.15) is 5.10 Å². The smallest absolute Gasteiger partial charge is 0.147 e. The Hall–Kier alpha value is -2.17. The van der Waals surface area contributed by atoms with E-state index in [1.807, 2.05) is 25.2 Å². The van der Waals surface area contributed by atoms with E-state index < -0.39 is 0 Å². The highest BCUT2D eigenvalue weighted by Gasteiger charge is 2.11. The lowest BCUT2D eigenvalue weighted by atomic mass is 10.2. The van der Waals surface area contributed by atoms with Crippen LogP contribution in [0.15, 0.2) is 24.3 Å². The van der Waals surface area contributed by atoms with E-state index in [1.54, 1.807) is 4.68 Å². The molecule has 1 aromatic carbocycles. The highest BCUT2D eigenvalue weighted by atomic mass is 16.5. The molecule has 0 atom stereocenters. The van der Waals surface area contributed by atoms with Gasteiger partial charge in [-0.05, 0) is 31.0 Å². The lowest BCUT2D eigenvalue weighted by Crippen LogP contribution is -2.14. The molecule has 21 heavy (non-hydrogen) atoms. The molecule has 0 unspecified atom stereocenters. The quantitative estimate of drug-likeness (QED) is 0.769. The first-order valence-electron chi connectivity index (χ1n) is 7.36. The van der Waals surface area contributed by atoms with Crippen molar-refractivity contribution >= 4 is 11.5 Å². The van der Waals surface area contributed by atoms with E-state index in [2.05, 4.69) is 30.3 Å². The number of benzene rings is 1. The van der Waals surface area contributed by atoms with Crippen molar-refractivity contribution in [1.29, 1.82) is 0 Å². The van der Waals surface area contributed by atoms with Gasteiger partial charge in [-0.1, -0.05) is 25.5 Å². The summed E-state index contributed by atoms with van der Waals surface area (Å²) in [6.07, 6.45) is 1.94. The highest BCUT2D eigenvalue weighted by molar-refractivity contribution is 5.65. The number of hydrogen-bond donors (Lipinski definition) is 2. The topological polar surface area (TPSA) is 65.1 Å². The van der Waals surface area contributed by atoms with E-state index in [-0.39, 0.29) is 0 Å². The van der Waals surface area contributed by atoms with Crippen molar-refractivity contribution in [2.45, 2.75) is 26.7 Å². The number of aromatic nitrogens is 2. The van der Waals surface area contributed by atoms with Gasteiger partial charge in [0.05, 0.1) is 17.9 Å². The van der Waals surface area contributed by atoms with Crippen LogP contribution in [0.4, 0.5) is 11.5 Å². The summed E-state index contributed by atoms with van der Waals surface area (Å²) in [5, 5.41) is 7.73. The van der Waals surface area contributed by atoms with Crippen molar-refractivity contribution in [3.05, 3.63) is 35.5 Å². The summed E-state index contributed by atoms with van der Waals surface area (Å²) in [6, 6.07) is 8.04. The van der Waals surface area contributed by atoms with Gasteiger partial charge in [0.1, 0.15) is 18.2 Å². The Morgan fingerprint density at radius 2 is 2.19 bits per heavy atom. The van der Waals surface area contributed by atoms with Gasteiger partial charge in [0, 0.05) is 7.05 Å². The van der Waals surface area contributed by atoms with E-state index in [9.17, 15) is 0 Å². The molecule has 0 bridgehead atoms. The Morgan fingerprint density at radius 1 is 1.38 bits per heavy atom. The fraction of sp³-hybridized carbons (Fsp3) is 0.438. The maximum Gasteiger partial charge on any atom is 0.147 e. The second kappa shape index (κ2) is 7.02. The molecule has 0 fully saturated rings. The van der Waals surface area contributed by atoms with Gasteiger partial charge < -0.3 is 15.8 Å². The average Bonchev–Trinajstić information content (AvgIpc) is 2.71. The first kappa shape index (κ1) is 15.2. The van der Waals surface area contributed by atoms with E-state index in [4.69, 9.17) is 10.5 Å². The number of ether oxygens (including phenoxy) is 1. The second-order valence-electron chi connectivity index (χ2n) is 5.17. The van der Waals surface area contributed by atoms with Crippen LogP contribution in [-0.2, 0) is 13.5 Å². The summed E-state index contributed by atoms with van der Waals surface area (Å²) in [5.41, 5.74) is 9.02. The lowest BCUT2D eigenvalue weighted by Gasteiger charge is -2.10. The zero-order chi connectivity index (χ0) is 15.2. The van der Waals surface area contributed by atoms with Crippen LogP contribution in [0.3, 0.4) is 0 Å². The number of hydrogen-bond acceptors (Lipinski definition) is 4. The van der Waals surface area contributed by atoms with Crippen LogP contribution in [-0.4, -0.2) is 22.9 Å². The Bertz CT molecular complexity index is 592. The minimum absolute atomic E-state index is 0.581. The zero-order valence-corrected chi connectivity index (χ0v) is 13.0. The van der Waals surface area contributed by atoms with Crippen LogP contribution < -0.4 is 15.8 Å². The van der Waals surface area contributed by atoms with Gasteiger partial charge in [0.2, 0.25) is 0 Å². The molecule has 0 amide bonds. The normalized spacial score (nSPS) is 10.6. The van der Waals surface area contributed by atoms with Crippen LogP contribution in [0.2, 0.25) is 0 Å². The summed E-state index contributed by atoms with van der Waals surface area (Å²) in [7, 11) is 1.90. The number of aryl methyl sites for hydroxylation is 3. The van der Waals surface area contributed by atoms with E-state index in [1.165, 1.54) is 5.56 Å². The van der Waals surface area contributed by atoms with Crippen LogP contribution in [0, 0.1) is 6.92 Å². The Balaban J connectivity index is 1.86. The number of nitrogens with two attached hydrogens (primary N) is 1. The SMILES string of the molecule is CCCc1nn(C)c(NCCOc2cccc(C)c2)c1N. The van der Waals surface area contributed by atoms with Crippen molar-refractivity contribution in [1.82, 2.24) is 9.78 Å². The third kappa shape index (κ3) is 3.90. The lowest BCUT2D eigenvalue weighted by molar-refractivity contribution is 0.332. The number of nitrogens with zero attached hydrogens (tertiary/aromatic N) is 2. The zero-order valence-electron chi connectivity index (χ0n) is 13.0. The number of nitrogen functional groups attached to an aromatic ring is 1. The second-order valence-corrected chi connectivity index (χ2v) is 5.17. The summed E-state index contributed by atoms with van der Waals surface area (Å²) in [6.45, 7) is 5.44. The molecule has 1 aromatic heterocycles. The predicted octanol–water partition coefficient (Wildman–Crippen LogP) is 2.75. The highest BCUT2D eigenvalue weighted by Crippen LogP contribution is 2.22. The molecule has 3 N–H and O–H groups in total. The third-order valence-electron chi connectivity index (χ3n) is 3.30. The molecule has 0 aliphatic carbocycles. The van der Waals surface area contributed by atoms with E-state index in [0.717, 1.165) is 35.8 Å². The van der Waals surface area contributed by atoms with Crippen LogP contribution in [0.1, 0.15) is 24.6 Å². The minimum Gasteiger partial charge on any atom is -0.492 e. The van der Waals surface area contributed by atoms with Gasteiger partial charge in [0.15, 0.2) is 0 Å². The maximum atomic E-state index is 6.12. The molecular weight excluding hydrogens is 264 g/mol. The number of rotatable bonds is 7. The molecule has 0 aliphatic rings. The summed E-state index contributed by atoms with van der Waals surface area (Å²) in [4.78, 5) is 0. The van der Waals surface area contributed by atoms with Crippen LogP contribution in [0.5, 0.6) is 5.75 Å². The monoisotopic (exact) mass is 288 g/mol. The Labute approximate surface area is 126 Å². The van der Waals surface area contributed by atoms with Crippen molar-refractivity contribution < 1.29 is 4.74 Å². The standard InChI is InChI=1S/C16H24N4O/c1-4-6-14-15(17)16(20(3)19-14)18-9-10-21-13-8-5-7-12(2)11-13/h5,7-8,11,18H,4,6,9-10,17H2,1-3H3. The third-order valence-corrected chi connectivity index (χ3v) is 3.30. The molecule has 0 spiro atoms. The van der Waals surface area contributed by atoms with Crippen molar-refractivity contribution in [3.63, 3.8) is 0 Å². The molecule has 1 heterocycles. The minimum atomic E-state index is 0.581. The molecular formula is C16H24N4O.